The Kier molecular flexibility index (Phi) is 4.92. The number of nitrogens with zero attached hydrogens (tertiary/aromatic N) is 1. The topological polar surface area (TPSA) is 20.3 Å². The van der Waals surface area contributed by atoms with Crippen LogP contribution in [0.4, 0.5) is 5.69 Å². The lowest BCUT2D eigenvalue weighted by molar-refractivity contribution is -0.117. The second-order valence-corrected chi connectivity index (χ2v) is 5.93. The molecule has 4 heteroatoms. The molecule has 0 bridgehead atoms. The lowest BCUT2D eigenvalue weighted by Gasteiger charge is -2.21. The van der Waals surface area contributed by atoms with E-state index in [1.165, 1.54) is 0 Å². The molecule has 21 heavy (non-hydrogen) atoms. The van der Waals surface area contributed by atoms with Crippen molar-refractivity contribution < 1.29 is 4.79 Å². The summed E-state index contributed by atoms with van der Waals surface area (Å²) >= 11 is 12.3. The van der Waals surface area contributed by atoms with E-state index in [4.69, 9.17) is 23.2 Å². The lowest BCUT2D eigenvalue weighted by Crippen LogP contribution is -2.28. The summed E-state index contributed by atoms with van der Waals surface area (Å²) in [5.74, 6) is -0.0429. The standard InChI is InChI=1S/C17H17Cl2NO/c1-11-7-8-12(2)16(9-11)20(3)17(21)10-13-14(18)5-4-6-15(13)19/h4-9H,10H2,1-3H3. The molecule has 2 nitrogen and oxygen atoms in total. The minimum Gasteiger partial charge on any atom is -0.315 e. The summed E-state index contributed by atoms with van der Waals surface area (Å²) in [6.07, 6.45) is 0.183. The number of carbonyl (C=O) groups excluding carboxylic acids is 1. The lowest BCUT2D eigenvalue weighted by atomic mass is 10.1. The van der Waals surface area contributed by atoms with Gasteiger partial charge < -0.3 is 4.90 Å². The summed E-state index contributed by atoms with van der Waals surface area (Å²) in [4.78, 5) is 14.1. The number of halogens is 2. The third-order valence-electron chi connectivity index (χ3n) is 3.49. The molecule has 0 aliphatic rings. The van der Waals surface area contributed by atoms with E-state index in [0.29, 0.717) is 15.6 Å². The van der Waals surface area contributed by atoms with Crippen molar-refractivity contribution in [2.45, 2.75) is 20.3 Å². The summed E-state index contributed by atoms with van der Waals surface area (Å²) in [6.45, 7) is 3.99. The Morgan fingerprint density at radius 1 is 1.10 bits per heavy atom. The molecule has 0 saturated carbocycles. The average Bonchev–Trinajstić information content (AvgIpc) is 2.44. The van der Waals surface area contributed by atoms with Crippen LogP contribution in [0.1, 0.15) is 16.7 Å². The van der Waals surface area contributed by atoms with E-state index in [1.54, 1.807) is 30.1 Å². The van der Waals surface area contributed by atoms with Gasteiger partial charge in [0, 0.05) is 22.8 Å². The normalized spacial score (nSPS) is 10.5. The van der Waals surface area contributed by atoms with Gasteiger partial charge in [-0.25, -0.2) is 0 Å². The fourth-order valence-electron chi connectivity index (χ4n) is 2.19. The van der Waals surface area contributed by atoms with E-state index in [9.17, 15) is 4.79 Å². The van der Waals surface area contributed by atoms with E-state index < -0.39 is 0 Å². The van der Waals surface area contributed by atoms with Crippen LogP contribution >= 0.6 is 23.2 Å². The fraction of sp³-hybridized carbons (Fsp3) is 0.235. The molecule has 0 N–H and O–H groups in total. The quantitative estimate of drug-likeness (QED) is 0.794. The number of anilines is 1. The number of benzene rings is 2. The first kappa shape index (κ1) is 15.9. The van der Waals surface area contributed by atoms with Gasteiger partial charge >= 0.3 is 0 Å². The molecule has 0 heterocycles. The van der Waals surface area contributed by atoms with E-state index in [-0.39, 0.29) is 12.3 Å². The Labute approximate surface area is 135 Å². The van der Waals surface area contributed by atoms with Gasteiger partial charge in [-0.05, 0) is 48.7 Å². The van der Waals surface area contributed by atoms with Crippen LogP contribution in [0.5, 0.6) is 0 Å². The third kappa shape index (κ3) is 3.58. The van der Waals surface area contributed by atoms with Gasteiger partial charge in [0.05, 0.1) is 6.42 Å². The molecule has 0 saturated heterocycles. The first-order valence-electron chi connectivity index (χ1n) is 6.67. The van der Waals surface area contributed by atoms with Crippen LogP contribution in [-0.2, 0) is 11.2 Å². The number of aryl methyl sites for hydroxylation is 2. The van der Waals surface area contributed by atoms with Gasteiger partial charge in [-0.3, -0.25) is 4.79 Å². The van der Waals surface area contributed by atoms with Crippen LogP contribution in [-0.4, -0.2) is 13.0 Å². The van der Waals surface area contributed by atoms with Crippen molar-refractivity contribution in [3.8, 4) is 0 Å². The first-order chi connectivity index (χ1) is 9.90. The predicted molar refractivity (Wildman–Crippen MR) is 89.5 cm³/mol. The highest BCUT2D eigenvalue weighted by molar-refractivity contribution is 6.36. The number of amides is 1. The number of rotatable bonds is 3. The highest BCUT2D eigenvalue weighted by Crippen LogP contribution is 2.27. The summed E-state index contributed by atoms with van der Waals surface area (Å²) in [5.41, 5.74) is 3.75. The summed E-state index contributed by atoms with van der Waals surface area (Å²) in [6, 6.07) is 11.3. The van der Waals surface area contributed by atoms with Crippen molar-refractivity contribution in [3.05, 3.63) is 63.1 Å². The zero-order chi connectivity index (χ0) is 15.6. The molecule has 0 atom stereocenters. The number of hydrogen-bond donors (Lipinski definition) is 0. The van der Waals surface area contributed by atoms with E-state index >= 15 is 0 Å². The highest BCUT2D eigenvalue weighted by Gasteiger charge is 2.17. The van der Waals surface area contributed by atoms with E-state index in [2.05, 4.69) is 0 Å². The number of likely N-dealkylation sites (N-methyl/N-ethyl adjacent to an activating group) is 1. The maximum atomic E-state index is 12.5. The predicted octanol–water partition coefficient (Wildman–Crippen LogP) is 4.82. The summed E-state index contributed by atoms with van der Waals surface area (Å²) in [5, 5.41) is 1.04. The van der Waals surface area contributed by atoms with E-state index in [0.717, 1.165) is 16.8 Å². The van der Waals surface area contributed by atoms with Crippen LogP contribution in [0.2, 0.25) is 10.0 Å². The smallest absolute Gasteiger partial charge is 0.231 e. The largest absolute Gasteiger partial charge is 0.315 e. The molecule has 0 spiro atoms. The molecule has 2 aromatic rings. The maximum absolute atomic E-state index is 12.5. The van der Waals surface area contributed by atoms with Crippen molar-refractivity contribution in [1.29, 1.82) is 0 Å². The molecule has 1 amide bonds. The molecular weight excluding hydrogens is 305 g/mol. The molecule has 2 aromatic carbocycles. The minimum absolute atomic E-state index is 0.0429. The van der Waals surface area contributed by atoms with Gasteiger partial charge in [0.2, 0.25) is 5.91 Å². The van der Waals surface area contributed by atoms with Crippen molar-refractivity contribution in [2.24, 2.45) is 0 Å². The van der Waals surface area contributed by atoms with Gasteiger partial charge in [0.1, 0.15) is 0 Å². The first-order valence-corrected chi connectivity index (χ1v) is 7.42. The van der Waals surface area contributed by atoms with Gasteiger partial charge in [-0.15, -0.1) is 0 Å². The van der Waals surface area contributed by atoms with Gasteiger partial charge in [-0.2, -0.15) is 0 Å². The Bertz CT molecular complexity index is 662. The van der Waals surface area contributed by atoms with Crippen LogP contribution < -0.4 is 4.90 Å². The Morgan fingerprint density at radius 3 is 2.33 bits per heavy atom. The molecule has 0 aromatic heterocycles. The highest BCUT2D eigenvalue weighted by atomic mass is 35.5. The molecule has 0 fully saturated rings. The Hall–Kier alpha value is -1.51. The van der Waals surface area contributed by atoms with Crippen LogP contribution in [0.3, 0.4) is 0 Å². The molecule has 0 aliphatic heterocycles. The minimum atomic E-state index is -0.0429. The zero-order valence-corrected chi connectivity index (χ0v) is 13.8. The summed E-state index contributed by atoms with van der Waals surface area (Å²) in [7, 11) is 1.77. The van der Waals surface area contributed by atoms with Crippen LogP contribution in [0.15, 0.2) is 36.4 Å². The van der Waals surface area contributed by atoms with Crippen molar-refractivity contribution in [2.75, 3.05) is 11.9 Å². The van der Waals surface area contributed by atoms with Crippen molar-refractivity contribution >= 4 is 34.8 Å². The molecule has 0 radical (unpaired) electrons. The molecule has 0 unspecified atom stereocenters. The second-order valence-electron chi connectivity index (χ2n) is 5.12. The monoisotopic (exact) mass is 321 g/mol. The molecule has 0 aliphatic carbocycles. The van der Waals surface area contributed by atoms with Crippen LogP contribution in [0.25, 0.3) is 0 Å². The van der Waals surface area contributed by atoms with Crippen LogP contribution in [0, 0.1) is 13.8 Å². The van der Waals surface area contributed by atoms with Gasteiger partial charge in [0.25, 0.3) is 0 Å². The van der Waals surface area contributed by atoms with E-state index in [1.807, 2.05) is 32.0 Å². The SMILES string of the molecule is Cc1ccc(C)c(N(C)C(=O)Cc2c(Cl)cccc2Cl)c1. The average molecular weight is 322 g/mol. The maximum Gasteiger partial charge on any atom is 0.231 e. The van der Waals surface area contributed by atoms with Gasteiger partial charge in [-0.1, -0.05) is 41.4 Å². The molecule has 110 valence electrons. The number of carbonyl (C=O) groups is 1. The fourth-order valence-corrected chi connectivity index (χ4v) is 2.72. The molecule has 2 rings (SSSR count). The number of hydrogen-bond acceptors (Lipinski definition) is 1. The second kappa shape index (κ2) is 6.50. The van der Waals surface area contributed by atoms with Crippen molar-refractivity contribution in [3.63, 3.8) is 0 Å². The zero-order valence-electron chi connectivity index (χ0n) is 12.3. The Morgan fingerprint density at radius 2 is 1.71 bits per heavy atom. The van der Waals surface area contributed by atoms with Crippen molar-refractivity contribution in [1.82, 2.24) is 0 Å². The Balaban J connectivity index is 2.26. The third-order valence-corrected chi connectivity index (χ3v) is 4.20. The summed E-state index contributed by atoms with van der Waals surface area (Å²) < 4.78 is 0. The molecular formula is C17H17Cl2NO. The van der Waals surface area contributed by atoms with Gasteiger partial charge in [0.15, 0.2) is 0 Å².